The third-order valence-corrected chi connectivity index (χ3v) is 2.81. The van der Waals surface area contributed by atoms with Gasteiger partial charge in [0, 0.05) is 5.56 Å². The second kappa shape index (κ2) is 6.40. The van der Waals surface area contributed by atoms with Crippen LogP contribution in [0.5, 0.6) is 5.75 Å². The molecule has 0 aliphatic rings. The van der Waals surface area contributed by atoms with E-state index in [1.54, 1.807) is 0 Å². The molecule has 7 nitrogen and oxygen atoms in total. The highest BCUT2D eigenvalue weighted by Crippen LogP contribution is 2.09. The van der Waals surface area contributed by atoms with Crippen LogP contribution in [0.1, 0.15) is 31.1 Å². The molecular formula is C15H11N2O5-. The van der Waals surface area contributed by atoms with Gasteiger partial charge in [0.2, 0.25) is 0 Å². The molecule has 0 heterocycles. The largest absolute Gasteiger partial charge is 0.872 e. The molecule has 0 aliphatic carbocycles. The van der Waals surface area contributed by atoms with Crippen LogP contribution < -0.4 is 16.0 Å². The second-order valence-corrected chi connectivity index (χ2v) is 4.28. The lowest BCUT2D eigenvalue weighted by molar-refractivity contribution is -0.268. The predicted octanol–water partition coefficient (Wildman–Crippen LogP) is 0.533. The Morgan fingerprint density at radius 3 is 1.95 bits per heavy atom. The number of amides is 2. The van der Waals surface area contributed by atoms with Crippen LogP contribution in [0.4, 0.5) is 0 Å². The van der Waals surface area contributed by atoms with Crippen LogP contribution in [-0.4, -0.2) is 22.9 Å². The van der Waals surface area contributed by atoms with Gasteiger partial charge in [-0.25, -0.2) is 4.79 Å². The summed E-state index contributed by atoms with van der Waals surface area (Å²) in [7, 11) is 0. The van der Waals surface area contributed by atoms with Crippen molar-refractivity contribution in [3.8, 4) is 5.75 Å². The van der Waals surface area contributed by atoms with Crippen molar-refractivity contribution in [2.75, 3.05) is 0 Å². The van der Waals surface area contributed by atoms with Crippen LogP contribution >= 0.6 is 0 Å². The second-order valence-electron chi connectivity index (χ2n) is 4.28. The lowest BCUT2D eigenvalue weighted by atomic mass is 10.1. The van der Waals surface area contributed by atoms with Gasteiger partial charge in [0.15, 0.2) is 0 Å². The fourth-order valence-electron chi connectivity index (χ4n) is 1.73. The van der Waals surface area contributed by atoms with Crippen molar-refractivity contribution in [2.24, 2.45) is 0 Å². The molecule has 112 valence electrons. The minimum Gasteiger partial charge on any atom is -0.872 e. The molecule has 0 fully saturated rings. The third kappa shape index (κ3) is 3.40. The minimum atomic E-state index is -1.25. The van der Waals surface area contributed by atoms with E-state index in [-0.39, 0.29) is 22.4 Å². The van der Waals surface area contributed by atoms with Gasteiger partial charge in [-0.2, -0.15) is 0 Å². The highest BCUT2D eigenvalue weighted by Gasteiger charge is 2.16. The SMILES string of the molecule is O=C(NNC(=O)c1ccccc1C(=O)O)c1ccc([O-])cc1. The maximum atomic E-state index is 11.9. The van der Waals surface area contributed by atoms with Crippen LogP contribution in [0.2, 0.25) is 0 Å². The van der Waals surface area contributed by atoms with Crippen LogP contribution in [0.15, 0.2) is 48.5 Å². The molecule has 22 heavy (non-hydrogen) atoms. The Hall–Kier alpha value is -3.35. The molecule has 0 saturated heterocycles. The summed E-state index contributed by atoms with van der Waals surface area (Å²) in [5, 5.41) is 19.9. The van der Waals surface area contributed by atoms with Crippen LogP contribution in [0, 0.1) is 0 Å². The van der Waals surface area contributed by atoms with E-state index in [0.29, 0.717) is 0 Å². The van der Waals surface area contributed by atoms with E-state index in [1.807, 2.05) is 0 Å². The minimum absolute atomic E-state index is 0.0785. The molecule has 0 spiro atoms. The number of carbonyl (C=O) groups excluding carboxylic acids is 2. The van der Waals surface area contributed by atoms with Gasteiger partial charge in [0.05, 0.1) is 11.1 Å². The van der Waals surface area contributed by atoms with Crippen molar-refractivity contribution in [1.82, 2.24) is 10.9 Å². The Bertz CT molecular complexity index is 725. The van der Waals surface area contributed by atoms with Crippen molar-refractivity contribution in [3.63, 3.8) is 0 Å². The number of nitrogens with one attached hydrogen (secondary N) is 2. The zero-order chi connectivity index (χ0) is 16.1. The average Bonchev–Trinajstić information content (AvgIpc) is 2.53. The van der Waals surface area contributed by atoms with Gasteiger partial charge in [-0.1, -0.05) is 36.4 Å². The van der Waals surface area contributed by atoms with E-state index in [9.17, 15) is 19.5 Å². The standard InChI is InChI=1S/C15H12N2O5/c18-10-7-5-9(6-8-10)13(19)16-17-14(20)11-3-1-2-4-12(11)15(21)22/h1-8,18H,(H,16,19)(H,17,20)(H,21,22)/p-1. The zero-order valence-corrected chi connectivity index (χ0v) is 11.2. The summed E-state index contributed by atoms with van der Waals surface area (Å²) in [5.41, 5.74) is 4.21. The first kappa shape index (κ1) is 15.0. The van der Waals surface area contributed by atoms with Crippen LogP contribution in [-0.2, 0) is 0 Å². The Labute approximate surface area is 125 Å². The monoisotopic (exact) mass is 299 g/mol. The first-order chi connectivity index (χ1) is 10.5. The summed E-state index contributed by atoms with van der Waals surface area (Å²) in [6, 6.07) is 10.7. The third-order valence-electron chi connectivity index (χ3n) is 2.81. The van der Waals surface area contributed by atoms with Crippen molar-refractivity contribution < 1.29 is 24.6 Å². The fraction of sp³-hybridized carbons (Fsp3) is 0. The van der Waals surface area contributed by atoms with E-state index in [1.165, 1.54) is 48.5 Å². The molecule has 2 aromatic rings. The molecule has 7 heteroatoms. The summed E-state index contributed by atoms with van der Waals surface area (Å²) in [5.74, 6) is -2.87. The summed E-state index contributed by atoms with van der Waals surface area (Å²) in [6.07, 6.45) is 0. The molecule has 0 atom stereocenters. The topological polar surface area (TPSA) is 119 Å². The Morgan fingerprint density at radius 1 is 0.818 bits per heavy atom. The zero-order valence-electron chi connectivity index (χ0n) is 11.2. The van der Waals surface area contributed by atoms with Crippen molar-refractivity contribution >= 4 is 17.8 Å². The quantitative estimate of drug-likeness (QED) is 0.714. The number of hydrazine groups is 1. The van der Waals surface area contributed by atoms with Gasteiger partial charge in [-0.3, -0.25) is 20.4 Å². The molecule has 2 aromatic carbocycles. The Morgan fingerprint density at radius 2 is 1.36 bits per heavy atom. The summed E-state index contributed by atoms with van der Waals surface area (Å²) < 4.78 is 0. The molecule has 0 radical (unpaired) electrons. The van der Waals surface area contributed by atoms with Gasteiger partial charge in [0.1, 0.15) is 0 Å². The number of aromatic carboxylic acids is 1. The molecular weight excluding hydrogens is 288 g/mol. The van der Waals surface area contributed by atoms with Gasteiger partial charge in [-0.15, -0.1) is 5.75 Å². The molecule has 2 rings (SSSR count). The van der Waals surface area contributed by atoms with Crippen molar-refractivity contribution in [3.05, 3.63) is 65.2 Å². The fourth-order valence-corrected chi connectivity index (χ4v) is 1.73. The number of carboxylic acids is 1. The van der Waals surface area contributed by atoms with E-state index in [0.717, 1.165) is 0 Å². The Kier molecular flexibility index (Phi) is 4.38. The smallest absolute Gasteiger partial charge is 0.336 e. The predicted molar refractivity (Wildman–Crippen MR) is 74.2 cm³/mol. The van der Waals surface area contributed by atoms with Gasteiger partial charge >= 0.3 is 5.97 Å². The van der Waals surface area contributed by atoms with Crippen molar-refractivity contribution in [1.29, 1.82) is 0 Å². The molecule has 0 unspecified atom stereocenters. The molecule has 3 N–H and O–H groups in total. The number of hydrogen-bond donors (Lipinski definition) is 3. The van der Waals surface area contributed by atoms with Gasteiger partial charge in [0.25, 0.3) is 11.8 Å². The number of rotatable bonds is 3. The molecule has 0 aromatic heterocycles. The highest BCUT2D eigenvalue weighted by molar-refractivity contribution is 6.05. The van der Waals surface area contributed by atoms with Crippen LogP contribution in [0.3, 0.4) is 0 Å². The van der Waals surface area contributed by atoms with Crippen LogP contribution in [0.25, 0.3) is 0 Å². The first-order valence-electron chi connectivity index (χ1n) is 6.19. The number of carbonyl (C=O) groups is 3. The summed E-state index contributed by atoms with van der Waals surface area (Å²) in [6.45, 7) is 0. The molecule has 0 saturated carbocycles. The normalized spacial score (nSPS) is 9.82. The number of hydrogen-bond acceptors (Lipinski definition) is 4. The van der Waals surface area contributed by atoms with E-state index >= 15 is 0 Å². The number of carboxylic acid groups (broad SMARTS) is 1. The van der Waals surface area contributed by atoms with Gasteiger partial charge in [-0.05, 0) is 12.1 Å². The highest BCUT2D eigenvalue weighted by atomic mass is 16.4. The average molecular weight is 299 g/mol. The van der Waals surface area contributed by atoms with E-state index in [2.05, 4.69) is 10.9 Å². The lowest BCUT2D eigenvalue weighted by Gasteiger charge is -2.10. The summed E-state index contributed by atoms with van der Waals surface area (Å²) in [4.78, 5) is 34.7. The maximum absolute atomic E-state index is 11.9. The molecule has 0 bridgehead atoms. The van der Waals surface area contributed by atoms with Gasteiger partial charge < -0.3 is 10.2 Å². The lowest BCUT2D eigenvalue weighted by Crippen LogP contribution is -2.42. The van der Waals surface area contributed by atoms with E-state index < -0.39 is 17.8 Å². The number of benzene rings is 2. The molecule has 0 aliphatic heterocycles. The maximum Gasteiger partial charge on any atom is 0.336 e. The van der Waals surface area contributed by atoms with Crippen molar-refractivity contribution in [2.45, 2.75) is 0 Å². The summed E-state index contributed by atoms with van der Waals surface area (Å²) >= 11 is 0. The Balaban J connectivity index is 2.06. The first-order valence-corrected chi connectivity index (χ1v) is 6.19. The molecule has 2 amide bonds. The van der Waals surface area contributed by atoms with E-state index in [4.69, 9.17) is 5.11 Å².